The van der Waals surface area contributed by atoms with Gasteiger partial charge in [0.2, 0.25) is 0 Å². The van der Waals surface area contributed by atoms with Gasteiger partial charge in [0.25, 0.3) is 0 Å². The Balaban J connectivity index is 1.58. The fourth-order valence-electron chi connectivity index (χ4n) is 8.78. The van der Waals surface area contributed by atoms with Crippen molar-refractivity contribution in [1.82, 2.24) is 0 Å². The molecule has 0 aromatic rings. The van der Waals surface area contributed by atoms with Crippen LogP contribution in [-0.4, -0.2) is 46.7 Å². The molecule has 0 bridgehead atoms. The molecule has 5 heteroatoms. The van der Waals surface area contributed by atoms with E-state index in [1.54, 1.807) is 0 Å². The lowest BCUT2D eigenvalue weighted by molar-refractivity contribution is -0.207. The van der Waals surface area contributed by atoms with Crippen LogP contribution in [0.3, 0.4) is 0 Å². The third-order valence-electron chi connectivity index (χ3n) is 10.6. The average Bonchev–Trinajstić information content (AvgIpc) is 3.06. The maximum Gasteiger partial charge on any atom is 0.305 e. The van der Waals surface area contributed by atoms with Crippen LogP contribution in [0.4, 0.5) is 0 Å². The van der Waals surface area contributed by atoms with E-state index in [0.717, 1.165) is 51.4 Å². The molecule has 30 heavy (non-hydrogen) atoms. The number of hydrogen-bond donors (Lipinski definition) is 3. The van der Waals surface area contributed by atoms with E-state index in [1.807, 2.05) is 0 Å². The lowest BCUT2D eigenvalue weighted by Gasteiger charge is -2.63. The van der Waals surface area contributed by atoms with Crippen molar-refractivity contribution >= 4 is 5.97 Å². The molecule has 4 fully saturated rings. The number of methoxy groups -OCH3 is 1. The standard InChI is InChI=1S/C25H42O5/c1-14(5-8-22(29)30-4)17-6-7-18-23-19(13-21(28)25(17,18)3)24(2)10-9-16(26)11-15(24)12-20(23)27/h14-21,23,26-28H,5-13H2,1-4H3/t14?,15?,16?,17?,18?,19?,20?,21-,23-,24?,25-/m1/s1. The first-order chi connectivity index (χ1) is 14.1. The summed E-state index contributed by atoms with van der Waals surface area (Å²) in [6.45, 7) is 6.85. The minimum absolute atomic E-state index is 0.111. The highest BCUT2D eigenvalue weighted by atomic mass is 16.5. The summed E-state index contributed by atoms with van der Waals surface area (Å²) in [5.74, 6) is 1.81. The molecule has 0 heterocycles. The minimum Gasteiger partial charge on any atom is -0.469 e. The molecule has 11 atom stereocenters. The quantitative estimate of drug-likeness (QED) is 0.603. The second-order valence-corrected chi connectivity index (χ2v) is 11.6. The summed E-state index contributed by atoms with van der Waals surface area (Å²) in [5.41, 5.74) is -0.0882. The Morgan fingerprint density at radius 2 is 1.80 bits per heavy atom. The van der Waals surface area contributed by atoms with Crippen LogP contribution in [0.15, 0.2) is 0 Å². The monoisotopic (exact) mass is 422 g/mol. The predicted octanol–water partition coefficient (Wildman–Crippen LogP) is 3.54. The molecular weight excluding hydrogens is 380 g/mol. The summed E-state index contributed by atoms with van der Waals surface area (Å²) in [7, 11) is 1.44. The summed E-state index contributed by atoms with van der Waals surface area (Å²) in [6.07, 6.45) is 6.60. The molecule has 3 N–H and O–H groups in total. The normalized spacial score (nSPS) is 51.4. The molecule has 0 aromatic heterocycles. The van der Waals surface area contributed by atoms with Gasteiger partial charge in [0.05, 0.1) is 25.4 Å². The van der Waals surface area contributed by atoms with Gasteiger partial charge in [-0.25, -0.2) is 0 Å². The summed E-state index contributed by atoms with van der Waals surface area (Å²) < 4.78 is 4.83. The number of aliphatic hydroxyl groups is 3. The summed E-state index contributed by atoms with van der Waals surface area (Å²) in [4.78, 5) is 11.7. The Morgan fingerprint density at radius 1 is 1.07 bits per heavy atom. The zero-order valence-electron chi connectivity index (χ0n) is 19.2. The molecule has 8 unspecified atom stereocenters. The predicted molar refractivity (Wildman–Crippen MR) is 114 cm³/mol. The van der Waals surface area contributed by atoms with Crippen molar-refractivity contribution in [2.45, 2.75) is 96.9 Å². The molecule has 5 nitrogen and oxygen atoms in total. The minimum atomic E-state index is -0.369. The lowest BCUT2D eigenvalue weighted by Crippen LogP contribution is -2.62. The van der Waals surface area contributed by atoms with E-state index in [4.69, 9.17) is 4.74 Å². The van der Waals surface area contributed by atoms with Crippen LogP contribution in [0.25, 0.3) is 0 Å². The van der Waals surface area contributed by atoms with Gasteiger partial charge in [-0.3, -0.25) is 4.79 Å². The van der Waals surface area contributed by atoms with Gasteiger partial charge in [-0.2, -0.15) is 0 Å². The van der Waals surface area contributed by atoms with Gasteiger partial charge in [0.1, 0.15) is 0 Å². The molecule has 0 radical (unpaired) electrons. The van der Waals surface area contributed by atoms with Crippen LogP contribution in [0.5, 0.6) is 0 Å². The lowest BCUT2D eigenvalue weighted by atomic mass is 9.43. The number of ether oxygens (including phenoxy) is 1. The largest absolute Gasteiger partial charge is 0.469 e. The van der Waals surface area contributed by atoms with Gasteiger partial charge in [-0.05, 0) is 97.7 Å². The summed E-state index contributed by atoms with van der Waals surface area (Å²) in [5, 5.41) is 33.1. The van der Waals surface area contributed by atoms with Crippen LogP contribution in [0, 0.1) is 46.3 Å². The molecule has 4 saturated carbocycles. The van der Waals surface area contributed by atoms with Crippen LogP contribution in [0.2, 0.25) is 0 Å². The van der Waals surface area contributed by atoms with E-state index in [0.29, 0.717) is 36.0 Å². The topological polar surface area (TPSA) is 87.0 Å². The second-order valence-electron chi connectivity index (χ2n) is 11.6. The Labute approximate surface area is 181 Å². The fourth-order valence-corrected chi connectivity index (χ4v) is 8.78. The van der Waals surface area contributed by atoms with E-state index < -0.39 is 0 Å². The van der Waals surface area contributed by atoms with E-state index in [9.17, 15) is 20.1 Å². The molecule has 0 spiro atoms. The van der Waals surface area contributed by atoms with E-state index >= 15 is 0 Å². The number of esters is 1. The van der Waals surface area contributed by atoms with Crippen molar-refractivity contribution in [3.8, 4) is 0 Å². The fraction of sp³-hybridized carbons (Fsp3) is 0.960. The highest BCUT2D eigenvalue weighted by Crippen LogP contribution is 2.68. The molecule has 0 aliphatic heterocycles. The number of carbonyl (C=O) groups excluding carboxylic acids is 1. The number of carbonyl (C=O) groups is 1. The Hall–Kier alpha value is -0.650. The number of fused-ring (bicyclic) bond motifs is 5. The Kier molecular flexibility index (Phi) is 6.04. The van der Waals surface area contributed by atoms with Gasteiger partial charge < -0.3 is 20.1 Å². The Bertz CT molecular complexity index is 651. The van der Waals surface area contributed by atoms with Crippen molar-refractivity contribution in [2.75, 3.05) is 7.11 Å². The van der Waals surface area contributed by atoms with E-state index in [-0.39, 0.29) is 41.0 Å². The maximum absolute atomic E-state index is 11.7. The maximum atomic E-state index is 11.7. The van der Waals surface area contributed by atoms with Crippen LogP contribution >= 0.6 is 0 Å². The third-order valence-corrected chi connectivity index (χ3v) is 10.6. The van der Waals surface area contributed by atoms with Gasteiger partial charge in [-0.1, -0.05) is 20.8 Å². The van der Waals surface area contributed by atoms with Gasteiger partial charge in [0, 0.05) is 6.42 Å². The van der Waals surface area contributed by atoms with Gasteiger partial charge in [-0.15, -0.1) is 0 Å². The molecule has 4 aliphatic carbocycles. The smallest absolute Gasteiger partial charge is 0.305 e. The molecule has 4 rings (SSSR count). The van der Waals surface area contributed by atoms with E-state index in [1.165, 1.54) is 7.11 Å². The van der Waals surface area contributed by atoms with Gasteiger partial charge in [0.15, 0.2) is 0 Å². The third kappa shape index (κ3) is 3.34. The van der Waals surface area contributed by atoms with Crippen molar-refractivity contribution in [1.29, 1.82) is 0 Å². The van der Waals surface area contributed by atoms with Crippen LogP contribution in [-0.2, 0) is 9.53 Å². The van der Waals surface area contributed by atoms with Crippen molar-refractivity contribution < 1.29 is 24.9 Å². The first kappa shape index (κ1) is 22.5. The molecule has 0 aromatic carbocycles. The average molecular weight is 423 g/mol. The zero-order valence-corrected chi connectivity index (χ0v) is 19.2. The number of rotatable bonds is 4. The van der Waals surface area contributed by atoms with E-state index in [2.05, 4.69) is 20.8 Å². The first-order valence-electron chi connectivity index (χ1n) is 12.2. The SMILES string of the molecule is COC(=O)CCC(C)C1CCC2[C@H]3C(O)CC4CC(O)CCC4(C)C3C[C@@H](O)[C@]12C. The first-order valence-corrected chi connectivity index (χ1v) is 12.2. The van der Waals surface area contributed by atoms with Crippen molar-refractivity contribution in [2.24, 2.45) is 46.3 Å². The van der Waals surface area contributed by atoms with Crippen LogP contribution in [0.1, 0.15) is 78.6 Å². The highest BCUT2D eigenvalue weighted by Gasteiger charge is 2.65. The van der Waals surface area contributed by atoms with Crippen molar-refractivity contribution in [3.63, 3.8) is 0 Å². The van der Waals surface area contributed by atoms with Crippen LogP contribution < -0.4 is 0 Å². The highest BCUT2D eigenvalue weighted by molar-refractivity contribution is 5.69. The summed E-state index contributed by atoms with van der Waals surface area (Å²) in [6, 6.07) is 0. The Morgan fingerprint density at radius 3 is 2.50 bits per heavy atom. The number of aliphatic hydroxyl groups excluding tert-OH is 3. The molecule has 172 valence electrons. The molecule has 0 saturated heterocycles. The second kappa shape index (κ2) is 8.04. The van der Waals surface area contributed by atoms with Gasteiger partial charge >= 0.3 is 5.97 Å². The molecule has 4 aliphatic rings. The summed E-state index contributed by atoms with van der Waals surface area (Å²) >= 11 is 0. The molecule has 0 amide bonds. The molecular formula is C25H42O5. The number of hydrogen-bond acceptors (Lipinski definition) is 5. The zero-order chi connectivity index (χ0) is 21.8. The van der Waals surface area contributed by atoms with Crippen molar-refractivity contribution in [3.05, 3.63) is 0 Å².